The topological polar surface area (TPSA) is 123 Å². The van der Waals surface area contributed by atoms with Crippen LogP contribution in [0.15, 0.2) is 105 Å². The fraction of sp³-hybridized carbons (Fsp3) is 0.100. The highest BCUT2D eigenvalue weighted by molar-refractivity contribution is 9.10. The molecular weight excluding hydrogens is 646 g/mol. The van der Waals surface area contributed by atoms with Gasteiger partial charge < -0.3 is 9.47 Å². The molecule has 0 atom stereocenters. The maximum absolute atomic E-state index is 12.9. The van der Waals surface area contributed by atoms with Gasteiger partial charge in [0.1, 0.15) is 11.5 Å². The molecule has 216 valence electrons. The summed E-state index contributed by atoms with van der Waals surface area (Å²) in [5.41, 5.74) is 3.21. The molecule has 0 unspecified atom stereocenters. The van der Waals surface area contributed by atoms with Crippen molar-refractivity contribution < 1.29 is 27.5 Å². The molecule has 0 fully saturated rings. The van der Waals surface area contributed by atoms with Crippen LogP contribution >= 0.6 is 27.5 Å². The number of esters is 1. The van der Waals surface area contributed by atoms with E-state index in [9.17, 15) is 18.0 Å². The van der Waals surface area contributed by atoms with Crippen LogP contribution in [0.1, 0.15) is 39.6 Å². The number of carbonyl (C=O) groups excluding carboxylic acids is 2. The van der Waals surface area contributed by atoms with Crippen LogP contribution in [0.3, 0.4) is 0 Å². The van der Waals surface area contributed by atoms with Gasteiger partial charge in [-0.3, -0.25) is 9.52 Å². The minimum absolute atomic E-state index is 0.0161. The first-order valence-electron chi connectivity index (χ1n) is 12.6. The average molecular weight is 671 g/mol. The van der Waals surface area contributed by atoms with Gasteiger partial charge in [-0.2, -0.15) is 5.10 Å². The van der Waals surface area contributed by atoms with Crippen LogP contribution < -0.4 is 19.6 Å². The minimum Gasteiger partial charge on any atom is -0.494 e. The SMILES string of the molecule is CCCOc1ccc(C(=O)Oc2ccc(Br)cc2/C=N/NC(=O)c2ccccc2NS(=O)(=O)c2ccc(Cl)cc2)cc1. The second-order valence-corrected chi connectivity index (χ2v) is 11.8. The smallest absolute Gasteiger partial charge is 0.343 e. The number of rotatable bonds is 11. The number of sulfonamides is 1. The standard InChI is InChI=1S/C30H25BrClN3O6S/c1-2-17-40-24-12-7-20(8-13-24)30(37)41-28-16-9-22(31)18-21(28)19-33-34-29(36)26-5-3-4-6-27(26)35-42(38,39)25-14-10-23(32)11-15-25/h3-16,18-19,35H,2,17H2,1H3,(H,34,36)/b33-19+. The molecule has 0 saturated heterocycles. The van der Waals surface area contributed by atoms with Gasteiger partial charge in [-0.15, -0.1) is 0 Å². The van der Waals surface area contributed by atoms with Gasteiger partial charge in [0.25, 0.3) is 15.9 Å². The van der Waals surface area contributed by atoms with Crippen molar-refractivity contribution in [3.05, 3.63) is 117 Å². The molecule has 0 aliphatic rings. The van der Waals surface area contributed by atoms with E-state index in [-0.39, 0.29) is 21.9 Å². The number of anilines is 1. The van der Waals surface area contributed by atoms with Crippen molar-refractivity contribution in [1.82, 2.24) is 5.43 Å². The third kappa shape index (κ3) is 8.19. The Hall–Kier alpha value is -4.19. The number of nitrogens with zero attached hydrogens (tertiary/aromatic N) is 1. The van der Waals surface area contributed by atoms with Gasteiger partial charge in [-0.25, -0.2) is 18.6 Å². The van der Waals surface area contributed by atoms with E-state index in [4.69, 9.17) is 21.1 Å². The lowest BCUT2D eigenvalue weighted by atomic mass is 10.2. The summed E-state index contributed by atoms with van der Waals surface area (Å²) in [6, 6.07) is 23.3. The second-order valence-electron chi connectivity index (χ2n) is 8.75. The van der Waals surface area contributed by atoms with Crippen molar-refractivity contribution in [2.24, 2.45) is 5.10 Å². The number of ether oxygens (including phenoxy) is 2. The molecule has 0 spiro atoms. The zero-order valence-electron chi connectivity index (χ0n) is 22.2. The normalized spacial score (nSPS) is 11.2. The fourth-order valence-corrected chi connectivity index (χ4v) is 5.17. The van der Waals surface area contributed by atoms with Crippen LogP contribution in [-0.4, -0.2) is 33.1 Å². The van der Waals surface area contributed by atoms with Gasteiger partial charge in [0.05, 0.1) is 34.5 Å². The molecule has 4 aromatic carbocycles. The molecular formula is C30H25BrClN3O6S. The minimum atomic E-state index is -3.99. The number of amides is 1. The van der Waals surface area contributed by atoms with Gasteiger partial charge in [0.2, 0.25) is 0 Å². The lowest BCUT2D eigenvalue weighted by molar-refractivity contribution is 0.0734. The molecule has 42 heavy (non-hydrogen) atoms. The number of hydrazone groups is 1. The third-order valence-corrected chi connectivity index (χ3v) is 7.77. The summed E-state index contributed by atoms with van der Waals surface area (Å²) >= 11 is 9.24. The summed E-state index contributed by atoms with van der Waals surface area (Å²) in [4.78, 5) is 25.7. The second kappa shape index (κ2) is 14.1. The van der Waals surface area contributed by atoms with E-state index in [0.29, 0.717) is 33.0 Å². The number of carbonyl (C=O) groups is 2. The van der Waals surface area contributed by atoms with Gasteiger partial charge in [-0.05, 0) is 85.3 Å². The molecule has 9 nitrogen and oxygen atoms in total. The molecule has 4 rings (SSSR count). The predicted octanol–water partition coefficient (Wildman–Crippen LogP) is 6.68. The van der Waals surface area contributed by atoms with E-state index in [0.717, 1.165) is 6.42 Å². The Labute approximate surface area is 256 Å². The van der Waals surface area contributed by atoms with E-state index in [1.54, 1.807) is 54.6 Å². The number of halogens is 2. The van der Waals surface area contributed by atoms with Crippen molar-refractivity contribution in [3.63, 3.8) is 0 Å². The van der Waals surface area contributed by atoms with Crippen molar-refractivity contribution in [1.29, 1.82) is 0 Å². The van der Waals surface area contributed by atoms with Crippen LogP contribution in [-0.2, 0) is 10.0 Å². The first-order valence-corrected chi connectivity index (χ1v) is 15.3. The van der Waals surface area contributed by atoms with Crippen LogP contribution in [0.4, 0.5) is 5.69 Å². The molecule has 0 heterocycles. The number of hydrogen-bond donors (Lipinski definition) is 2. The van der Waals surface area contributed by atoms with E-state index < -0.39 is 21.9 Å². The summed E-state index contributed by atoms with van der Waals surface area (Å²) < 4.78 is 39.9. The predicted molar refractivity (Wildman–Crippen MR) is 165 cm³/mol. The van der Waals surface area contributed by atoms with Gasteiger partial charge in [0, 0.05) is 15.1 Å². The van der Waals surface area contributed by atoms with E-state index >= 15 is 0 Å². The largest absolute Gasteiger partial charge is 0.494 e. The molecule has 12 heteroatoms. The van der Waals surface area contributed by atoms with Crippen molar-refractivity contribution in [2.45, 2.75) is 18.2 Å². The zero-order valence-corrected chi connectivity index (χ0v) is 25.4. The highest BCUT2D eigenvalue weighted by atomic mass is 79.9. The zero-order chi connectivity index (χ0) is 30.1. The Morgan fingerprint density at radius 3 is 2.40 bits per heavy atom. The van der Waals surface area contributed by atoms with Gasteiger partial charge >= 0.3 is 5.97 Å². The Bertz CT molecular complexity index is 1710. The van der Waals surface area contributed by atoms with Gasteiger partial charge in [-0.1, -0.05) is 46.6 Å². The summed E-state index contributed by atoms with van der Waals surface area (Å²) in [5, 5.41) is 4.39. The Morgan fingerprint density at radius 1 is 0.976 bits per heavy atom. The molecule has 0 aromatic heterocycles. The van der Waals surface area contributed by atoms with E-state index in [2.05, 4.69) is 31.2 Å². The quantitative estimate of drug-likeness (QED) is 0.0795. The highest BCUT2D eigenvalue weighted by Crippen LogP contribution is 2.24. The Kier molecular flexibility index (Phi) is 10.3. The summed E-state index contributed by atoms with van der Waals surface area (Å²) in [7, 11) is -3.99. The summed E-state index contributed by atoms with van der Waals surface area (Å²) in [6.45, 7) is 2.58. The first-order chi connectivity index (χ1) is 20.2. The maximum atomic E-state index is 12.9. The molecule has 4 aromatic rings. The Morgan fingerprint density at radius 2 is 1.69 bits per heavy atom. The molecule has 0 aliphatic carbocycles. The van der Waals surface area contributed by atoms with Crippen LogP contribution in [0, 0.1) is 0 Å². The number of nitrogens with one attached hydrogen (secondary N) is 2. The van der Waals surface area contributed by atoms with Crippen LogP contribution in [0.25, 0.3) is 0 Å². The number of hydrogen-bond acceptors (Lipinski definition) is 7. The van der Waals surface area contributed by atoms with Crippen LogP contribution in [0.2, 0.25) is 5.02 Å². The van der Waals surface area contributed by atoms with Crippen LogP contribution in [0.5, 0.6) is 11.5 Å². The third-order valence-electron chi connectivity index (χ3n) is 5.65. The molecule has 0 saturated carbocycles. The van der Waals surface area contributed by atoms with E-state index in [1.807, 2.05) is 6.92 Å². The average Bonchev–Trinajstić information content (AvgIpc) is 2.98. The summed E-state index contributed by atoms with van der Waals surface area (Å²) in [5.74, 6) is -0.386. The maximum Gasteiger partial charge on any atom is 0.343 e. The van der Waals surface area contributed by atoms with E-state index in [1.165, 1.54) is 42.6 Å². The lowest BCUT2D eigenvalue weighted by Crippen LogP contribution is -2.21. The van der Waals surface area contributed by atoms with Gasteiger partial charge in [0.15, 0.2) is 0 Å². The van der Waals surface area contributed by atoms with Crippen molar-refractivity contribution in [2.75, 3.05) is 11.3 Å². The number of para-hydroxylation sites is 1. The van der Waals surface area contributed by atoms with Crippen molar-refractivity contribution >= 4 is 61.3 Å². The molecule has 1 amide bonds. The molecule has 2 N–H and O–H groups in total. The Balaban J connectivity index is 1.46. The summed E-state index contributed by atoms with van der Waals surface area (Å²) in [6.07, 6.45) is 2.18. The van der Waals surface area contributed by atoms with Crippen molar-refractivity contribution in [3.8, 4) is 11.5 Å². The molecule has 0 radical (unpaired) electrons. The first kappa shape index (κ1) is 30.8. The number of benzene rings is 4. The lowest BCUT2D eigenvalue weighted by Gasteiger charge is -2.12. The molecule has 0 aliphatic heterocycles. The highest BCUT2D eigenvalue weighted by Gasteiger charge is 2.19. The fourth-order valence-electron chi connectivity index (χ4n) is 3.59. The monoisotopic (exact) mass is 669 g/mol. The molecule has 0 bridgehead atoms.